The summed E-state index contributed by atoms with van der Waals surface area (Å²) in [4.78, 5) is 11.7. The lowest BCUT2D eigenvalue weighted by atomic mass is 10.1. The quantitative estimate of drug-likeness (QED) is 0.847. The summed E-state index contributed by atoms with van der Waals surface area (Å²) in [6.45, 7) is 1.46. The predicted molar refractivity (Wildman–Crippen MR) is 68.8 cm³/mol. The van der Waals surface area contributed by atoms with E-state index in [-0.39, 0.29) is 11.9 Å². The molecule has 6 heteroatoms. The minimum atomic E-state index is -0.273. The highest BCUT2D eigenvalue weighted by molar-refractivity contribution is 6.28. The molecule has 1 atom stereocenters. The van der Waals surface area contributed by atoms with Crippen LogP contribution in [0.25, 0.3) is 0 Å². The van der Waals surface area contributed by atoms with Crippen LogP contribution >= 0.6 is 11.6 Å². The first kappa shape index (κ1) is 12.0. The van der Waals surface area contributed by atoms with Crippen LogP contribution < -0.4 is 0 Å². The van der Waals surface area contributed by atoms with E-state index in [1.54, 1.807) is 24.5 Å². The topological polar surface area (TPSA) is 59.0 Å². The molecule has 0 N–H and O–H groups in total. The van der Waals surface area contributed by atoms with Gasteiger partial charge in [-0.3, -0.25) is 4.79 Å². The molecule has 3 heterocycles. The first-order chi connectivity index (χ1) is 9.15. The van der Waals surface area contributed by atoms with E-state index in [0.29, 0.717) is 23.2 Å². The molecule has 0 unspecified atom stereocenters. The number of carbonyl (C=O) groups is 1. The third-order valence-electron chi connectivity index (χ3n) is 2.96. The fourth-order valence-electron chi connectivity index (χ4n) is 2.12. The number of halogens is 1. The van der Waals surface area contributed by atoms with Gasteiger partial charge in [0.1, 0.15) is 23.3 Å². The van der Waals surface area contributed by atoms with Crippen LogP contribution in [0.2, 0.25) is 5.22 Å². The van der Waals surface area contributed by atoms with E-state index in [9.17, 15) is 4.79 Å². The van der Waals surface area contributed by atoms with Gasteiger partial charge in [0.2, 0.25) is 5.91 Å². The van der Waals surface area contributed by atoms with E-state index in [0.717, 1.165) is 5.71 Å². The number of amides is 1. The second kappa shape index (κ2) is 4.59. The number of nitrogens with zero attached hydrogens (tertiary/aromatic N) is 2. The van der Waals surface area contributed by atoms with E-state index in [1.807, 2.05) is 6.07 Å². The summed E-state index contributed by atoms with van der Waals surface area (Å²) in [6, 6.07) is 6.73. The van der Waals surface area contributed by atoms with E-state index >= 15 is 0 Å². The normalized spacial score (nSPS) is 18.7. The van der Waals surface area contributed by atoms with Gasteiger partial charge >= 0.3 is 0 Å². The van der Waals surface area contributed by atoms with Gasteiger partial charge in [-0.1, -0.05) is 0 Å². The average Bonchev–Trinajstić information content (AvgIpc) is 3.07. The van der Waals surface area contributed by atoms with E-state index in [1.165, 1.54) is 11.9 Å². The van der Waals surface area contributed by atoms with E-state index < -0.39 is 0 Å². The van der Waals surface area contributed by atoms with Crippen LogP contribution in [0.15, 0.2) is 44.5 Å². The third-order valence-corrected chi connectivity index (χ3v) is 3.16. The Labute approximate surface area is 114 Å². The largest absolute Gasteiger partial charge is 0.463 e. The van der Waals surface area contributed by atoms with Crippen molar-refractivity contribution in [3.8, 4) is 0 Å². The van der Waals surface area contributed by atoms with Crippen LogP contribution in [0.4, 0.5) is 0 Å². The monoisotopic (exact) mass is 278 g/mol. The van der Waals surface area contributed by atoms with Gasteiger partial charge in [0.25, 0.3) is 0 Å². The maximum atomic E-state index is 11.7. The molecule has 19 heavy (non-hydrogen) atoms. The number of rotatable bonds is 2. The fourth-order valence-corrected chi connectivity index (χ4v) is 2.27. The predicted octanol–water partition coefficient (Wildman–Crippen LogP) is 3.22. The molecule has 0 saturated carbocycles. The maximum absolute atomic E-state index is 11.7. The summed E-state index contributed by atoms with van der Waals surface area (Å²) >= 11 is 5.78. The van der Waals surface area contributed by atoms with Crippen molar-refractivity contribution in [2.45, 2.75) is 19.4 Å². The second-order valence-corrected chi connectivity index (χ2v) is 4.62. The van der Waals surface area contributed by atoms with Crippen molar-refractivity contribution in [2.75, 3.05) is 0 Å². The summed E-state index contributed by atoms with van der Waals surface area (Å²) < 4.78 is 10.7. The summed E-state index contributed by atoms with van der Waals surface area (Å²) in [6.07, 6.45) is 2.12. The zero-order chi connectivity index (χ0) is 13.4. The van der Waals surface area contributed by atoms with Crippen molar-refractivity contribution in [1.82, 2.24) is 5.01 Å². The van der Waals surface area contributed by atoms with Gasteiger partial charge in [-0.2, -0.15) is 5.10 Å². The number of hydrogen-bond donors (Lipinski definition) is 0. The molecule has 0 aliphatic carbocycles. The van der Waals surface area contributed by atoms with Crippen molar-refractivity contribution < 1.29 is 13.6 Å². The summed E-state index contributed by atoms with van der Waals surface area (Å²) in [5.41, 5.74) is 0.720. The van der Waals surface area contributed by atoms with Crippen LogP contribution in [0, 0.1) is 0 Å². The number of hydrazone groups is 1. The third kappa shape index (κ3) is 2.17. The van der Waals surface area contributed by atoms with Crippen molar-refractivity contribution in [2.24, 2.45) is 5.10 Å². The molecule has 0 aromatic carbocycles. The van der Waals surface area contributed by atoms with Gasteiger partial charge < -0.3 is 8.83 Å². The highest BCUT2D eigenvalue weighted by Gasteiger charge is 2.34. The number of furan rings is 2. The Morgan fingerprint density at radius 2 is 2.32 bits per heavy atom. The molecular weight excluding hydrogens is 268 g/mol. The molecule has 2 aromatic rings. The van der Waals surface area contributed by atoms with Crippen LogP contribution in [-0.2, 0) is 4.79 Å². The van der Waals surface area contributed by atoms with Crippen molar-refractivity contribution in [3.63, 3.8) is 0 Å². The first-order valence-electron chi connectivity index (χ1n) is 5.81. The molecule has 0 saturated heterocycles. The van der Waals surface area contributed by atoms with Crippen LogP contribution in [-0.4, -0.2) is 16.6 Å². The Balaban J connectivity index is 1.93. The zero-order valence-electron chi connectivity index (χ0n) is 10.2. The first-order valence-corrected chi connectivity index (χ1v) is 6.19. The van der Waals surface area contributed by atoms with Crippen LogP contribution in [0.5, 0.6) is 0 Å². The fraction of sp³-hybridized carbons (Fsp3) is 0.231. The van der Waals surface area contributed by atoms with Crippen LogP contribution in [0.1, 0.15) is 30.9 Å². The van der Waals surface area contributed by atoms with Crippen molar-refractivity contribution >= 4 is 23.2 Å². The Morgan fingerprint density at radius 1 is 1.47 bits per heavy atom. The highest BCUT2D eigenvalue weighted by Crippen LogP contribution is 2.34. The van der Waals surface area contributed by atoms with Crippen molar-refractivity contribution in [1.29, 1.82) is 0 Å². The van der Waals surface area contributed by atoms with Gasteiger partial charge in [-0.15, -0.1) is 0 Å². The molecule has 1 amide bonds. The molecular formula is C13H11ClN2O3. The lowest BCUT2D eigenvalue weighted by Gasteiger charge is -2.17. The lowest BCUT2D eigenvalue weighted by Crippen LogP contribution is -2.23. The Morgan fingerprint density at radius 3 is 2.89 bits per heavy atom. The smallest absolute Gasteiger partial charge is 0.240 e. The molecule has 0 spiro atoms. The van der Waals surface area contributed by atoms with Gasteiger partial charge in [0, 0.05) is 13.3 Å². The Kier molecular flexibility index (Phi) is 2.91. The molecule has 1 aliphatic rings. The summed E-state index contributed by atoms with van der Waals surface area (Å²) in [7, 11) is 0. The summed E-state index contributed by atoms with van der Waals surface area (Å²) in [5.74, 6) is 1.12. The average molecular weight is 279 g/mol. The minimum absolute atomic E-state index is 0.154. The second-order valence-electron chi connectivity index (χ2n) is 4.25. The van der Waals surface area contributed by atoms with Crippen molar-refractivity contribution in [3.05, 3.63) is 47.3 Å². The van der Waals surface area contributed by atoms with Gasteiger partial charge in [-0.05, 0) is 35.9 Å². The molecule has 0 fully saturated rings. The Bertz CT molecular complexity index is 630. The Hall–Kier alpha value is -2.01. The molecule has 5 nitrogen and oxygen atoms in total. The van der Waals surface area contributed by atoms with Gasteiger partial charge in [-0.25, -0.2) is 5.01 Å². The number of carbonyl (C=O) groups excluding carboxylic acids is 1. The minimum Gasteiger partial charge on any atom is -0.463 e. The lowest BCUT2D eigenvalue weighted by molar-refractivity contribution is -0.130. The molecule has 2 aromatic heterocycles. The molecule has 98 valence electrons. The molecule has 3 rings (SSSR count). The molecule has 1 aliphatic heterocycles. The maximum Gasteiger partial charge on any atom is 0.240 e. The molecule has 0 radical (unpaired) electrons. The highest BCUT2D eigenvalue weighted by atomic mass is 35.5. The molecule has 0 bridgehead atoms. The zero-order valence-corrected chi connectivity index (χ0v) is 10.9. The standard InChI is InChI=1S/C13H11ClN2O3/c1-8(17)16-10(12-4-5-13(14)19-12)7-9(15-16)11-3-2-6-18-11/h2-6,10H,7H2,1H3/t10-/m1/s1. The van der Waals surface area contributed by atoms with E-state index in [2.05, 4.69) is 5.10 Å². The SMILES string of the molecule is CC(=O)N1N=C(c2ccco2)C[C@@H]1c1ccc(Cl)o1. The number of hydrogen-bond acceptors (Lipinski definition) is 4. The van der Waals surface area contributed by atoms with Gasteiger partial charge in [0.15, 0.2) is 5.22 Å². The van der Waals surface area contributed by atoms with Crippen LogP contribution in [0.3, 0.4) is 0 Å². The van der Waals surface area contributed by atoms with E-state index in [4.69, 9.17) is 20.4 Å². The summed E-state index contributed by atoms with van der Waals surface area (Å²) in [5, 5.41) is 5.99. The van der Waals surface area contributed by atoms with Gasteiger partial charge in [0.05, 0.1) is 6.26 Å².